The smallest absolute Gasteiger partial charge is 0.261 e. The van der Waals surface area contributed by atoms with Crippen molar-refractivity contribution in [2.75, 3.05) is 10.0 Å². The molecule has 1 aliphatic heterocycles. The van der Waals surface area contributed by atoms with Crippen molar-refractivity contribution in [3.05, 3.63) is 53.1 Å². The second kappa shape index (κ2) is 8.00. The quantitative estimate of drug-likeness (QED) is 0.665. The number of anilines is 2. The standard InChI is InChI=1S/C23H30N2O3S/c1-15-8-9-18(12-16(15)2)25-29(27,28)19-10-11-21-20(13-19)23(26)14-22(24-21)17-6-4-3-5-7-17/h8-13,17,22-26H,3-7,14H2,1-2H3. The number of aliphatic hydroxyl groups is 1. The van der Waals surface area contributed by atoms with E-state index in [0.717, 1.165) is 16.8 Å². The molecule has 29 heavy (non-hydrogen) atoms. The number of rotatable bonds is 4. The molecule has 2 unspecified atom stereocenters. The molecule has 0 radical (unpaired) electrons. The number of hydrogen-bond donors (Lipinski definition) is 3. The van der Waals surface area contributed by atoms with Gasteiger partial charge in [0.25, 0.3) is 10.0 Å². The van der Waals surface area contributed by atoms with Crippen LogP contribution in [0.1, 0.15) is 61.3 Å². The minimum absolute atomic E-state index is 0.173. The fraction of sp³-hybridized carbons (Fsp3) is 0.478. The van der Waals surface area contributed by atoms with Gasteiger partial charge in [-0.1, -0.05) is 25.3 Å². The van der Waals surface area contributed by atoms with Crippen LogP contribution in [0.5, 0.6) is 0 Å². The number of benzene rings is 2. The van der Waals surface area contributed by atoms with E-state index in [1.165, 1.54) is 32.1 Å². The molecule has 1 heterocycles. The molecule has 2 aliphatic rings. The van der Waals surface area contributed by atoms with Crippen molar-refractivity contribution in [1.29, 1.82) is 0 Å². The van der Waals surface area contributed by atoms with E-state index < -0.39 is 16.1 Å². The Morgan fingerprint density at radius 3 is 2.48 bits per heavy atom. The molecule has 2 aromatic rings. The molecule has 0 spiro atoms. The summed E-state index contributed by atoms with van der Waals surface area (Å²) >= 11 is 0. The predicted molar refractivity (Wildman–Crippen MR) is 117 cm³/mol. The zero-order valence-corrected chi connectivity index (χ0v) is 17.9. The van der Waals surface area contributed by atoms with Crippen LogP contribution < -0.4 is 10.0 Å². The van der Waals surface area contributed by atoms with Crippen LogP contribution in [-0.4, -0.2) is 19.6 Å². The lowest BCUT2D eigenvalue weighted by Crippen LogP contribution is -2.36. The molecule has 156 valence electrons. The van der Waals surface area contributed by atoms with Gasteiger partial charge in [0, 0.05) is 23.0 Å². The van der Waals surface area contributed by atoms with Gasteiger partial charge in [-0.15, -0.1) is 0 Å². The Hall–Kier alpha value is -2.05. The third kappa shape index (κ3) is 4.28. The Morgan fingerprint density at radius 2 is 1.76 bits per heavy atom. The van der Waals surface area contributed by atoms with Gasteiger partial charge in [-0.2, -0.15) is 0 Å². The first-order valence-corrected chi connectivity index (χ1v) is 12.0. The maximum atomic E-state index is 12.9. The molecule has 3 N–H and O–H groups in total. The van der Waals surface area contributed by atoms with Gasteiger partial charge >= 0.3 is 0 Å². The highest BCUT2D eigenvalue weighted by Crippen LogP contribution is 2.39. The second-order valence-corrected chi connectivity index (χ2v) is 10.2. The maximum absolute atomic E-state index is 12.9. The second-order valence-electron chi connectivity index (χ2n) is 8.55. The number of aliphatic hydroxyl groups excluding tert-OH is 1. The summed E-state index contributed by atoms with van der Waals surface area (Å²) in [5.74, 6) is 0.585. The molecular formula is C23H30N2O3S. The predicted octanol–water partition coefficient (Wildman–Crippen LogP) is 4.90. The molecule has 0 aromatic heterocycles. The van der Waals surface area contributed by atoms with E-state index >= 15 is 0 Å². The highest BCUT2D eigenvalue weighted by Gasteiger charge is 2.32. The Balaban J connectivity index is 1.56. The van der Waals surface area contributed by atoms with Crippen LogP contribution in [0.3, 0.4) is 0 Å². The molecule has 4 rings (SSSR count). The van der Waals surface area contributed by atoms with Gasteiger partial charge in [0.15, 0.2) is 0 Å². The van der Waals surface area contributed by atoms with Crippen LogP contribution in [0.15, 0.2) is 41.3 Å². The molecule has 0 saturated heterocycles. The molecule has 1 aliphatic carbocycles. The molecule has 2 atom stereocenters. The van der Waals surface area contributed by atoms with Gasteiger partial charge in [0.1, 0.15) is 0 Å². The summed E-state index contributed by atoms with van der Waals surface area (Å²) in [7, 11) is -3.72. The molecule has 5 nitrogen and oxygen atoms in total. The highest BCUT2D eigenvalue weighted by molar-refractivity contribution is 7.92. The van der Waals surface area contributed by atoms with Crippen LogP contribution in [0.25, 0.3) is 0 Å². The molecule has 0 amide bonds. The number of nitrogens with one attached hydrogen (secondary N) is 2. The van der Waals surface area contributed by atoms with Gasteiger partial charge in [-0.3, -0.25) is 4.72 Å². The van der Waals surface area contributed by atoms with Crippen molar-refractivity contribution < 1.29 is 13.5 Å². The van der Waals surface area contributed by atoms with E-state index in [9.17, 15) is 13.5 Å². The van der Waals surface area contributed by atoms with E-state index in [4.69, 9.17) is 0 Å². The van der Waals surface area contributed by atoms with Crippen molar-refractivity contribution in [2.24, 2.45) is 5.92 Å². The zero-order valence-electron chi connectivity index (χ0n) is 17.1. The molecule has 6 heteroatoms. The van der Waals surface area contributed by atoms with Gasteiger partial charge < -0.3 is 10.4 Å². The summed E-state index contributed by atoms with van der Waals surface area (Å²) in [4.78, 5) is 0.173. The van der Waals surface area contributed by atoms with Crippen LogP contribution in [-0.2, 0) is 10.0 Å². The Morgan fingerprint density at radius 1 is 1.00 bits per heavy atom. The highest BCUT2D eigenvalue weighted by atomic mass is 32.2. The molecule has 0 bridgehead atoms. The Labute approximate surface area is 173 Å². The van der Waals surface area contributed by atoms with Gasteiger partial charge in [-0.25, -0.2) is 8.42 Å². The van der Waals surface area contributed by atoms with Crippen molar-refractivity contribution in [1.82, 2.24) is 0 Å². The Kier molecular flexibility index (Phi) is 5.58. The fourth-order valence-corrected chi connectivity index (χ4v) is 5.69. The maximum Gasteiger partial charge on any atom is 0.261 e. The number of hydrogen-bond acceptors (Lipinski definition) is 4. The van der Waals surface area contributed by atoms with Crippen molar-refractivity contribution in [3.8, 4) is 0 Å². The first-order chi connectivity index (χ1) is 13.8. The van der Waals surface area contributed by atoms with Crippen molar-refractivity contribution >= 4 is 21.4 Å². The topological polar surface area (TPSA) is 78.4 Å². The zero-order chi connectivity index (χ0) is 20.6. The summed E-state index contributed by atoms with van der Waals surface area (Å²) in [5.41, 5.74) is 4.21. The first-order valence-electron chi connectivity index (χ1n) is 10.5. The number of sulfonamides is 1. The van der Waals surface area contributed by atoms with Gasteiger partial charge in [0.05, 0.1) is 11.0 Å². The van der Waals surface area contributed by atoms with Crippen LogP contribution in [0, 0.1) is 19.8 Å². The van der Waals surface area contributed by atoms with E-state index in [0.29, 0.717) is 23.6 Å². The summed E-state index contributed by atoms with van der Waals surface area (Å²) in [5, 5.41) is 14.3. The van der Waals surface area contributed by atoms with Crippen LogP contribution in [0.2, 0.25) is 0 Å². The number of fused-ring (bicyclic) bond motifs is 1. The molecule has 1 fully saturated rings. The van der Waals surface area contributed by atoms with E-state index in [1.54, 1.807) is 24.3 Å². The molecular weight excluding hydrogens is 384 g/mol. The summed E-state index contributed by atoms with van der Waals surface area (Å²) < 4.78 is 28.4. The van der Waals surface area contributed by atoms with E-state index in [-0.39, 0.29) is 10.9 Å². The lowest BCUT2D eigenvalue weighted by atomic mass is 9.79. The van der Waals surface area contributed by atoms with Gasteiger partial charge in [-0.05, 0) is 80.5 Å². The lowest BCUT2D eigenvalue weighted by Gasteiger charge is -2.37. The normalized spacial score (nSPS) is 22.6. The summed E-state index contributed by atoms with van der Waals surface area (Å²) in [6.07, 6.45) is 6.20. The van der Waals surface area contributed by atoms with Gasteiger partial charge in [0.2, 0.25) is 0 Å². The molecule has 1 saturated carbocycles. The first kappa shape index (κ1) is 20.2. The third-order valence-corrected chi connectivity index (χ3v) is 7.87. The molecule has 2 aromatic carbocycles. The lowest BCUT2D eigenvalue weighted by molar-refractivity contribution is 0.137. The fourth-order valence-electron chi connectivity index (χ4n) is 4.61. The van der Waals surface area contributed by atoms with Crippen LogP contribution >= 0.6 is 0 Å². The van der Waals surface area contributed by atoms with E-state index in [1.807, 2.05) is 26.0 Å². The largest absolute Gasteiger partial charge is 0.388 e. The van der Waals surface area contributed by atoms with E-state index in [2.05, 4.69) is 10.0 Å². The summed E-state index contributed by atoms with van der Waals surface area (Å²) in [6, 6.07) is 10.8. The average Bonchev–Trinajstić information content (AvgIpc) is 2.71. The minimum atomic E-state index is -3.72. The van der Waals surface area contributed by atoms with Crippen molar-refractivity contribution in [2.45, 2.75) is 69.4 Å². The number of aryl methyl sites for hydroxylation is 2. The SMILES string of the molecule is Cc1ccc(NS(=O)(=O)c2ccc3c(c2)C(O)CC(C2CCCCC2)N3)cc1C. The third-order valence-electron chi connectivity index (χ3n) is 6.49. The van der Waals surface area contributed by atoms with Crippen molar-refractivity contribution in [3.63, 3.8) is 0 Å². The van der Waals surface area contributed by atoms with Crippen LogP contribution in [0.4, 0.5) is 11.4 Å². The minimum Gasteiger partial charge on any atom is -0.388 e. The Bertz CT molecular complexity index is 997. The monoisotopic (exact) mass is 414 g/mol. The summed E-state index contributed by atoms with van der Waals surface area (Å²) in [6.45, 7) is 3.95. The average molecular weight is 415 g/mol.